The Labute approximate surface area is 118 Å². The number of aromatic nitrogens is 2. The second-order valence-corrected chi connectivity index (χ2v) is 4.12. The molecular weight excluding hydrogens is 258 g/mol. The van der Waals surface area contributed by atoms with E-state index in [-0.39, 0.29) is 12.4 Å². The van der Waals surface area contributed by atoms with Crippen molar-refractivity contribution >= 4 is 34.9 Å². The Balaban J connectivity index is 0.00000133. The molecular formula is C15H14ClN3. The zero-order valence-electron chi connectivity index (χ0n) is 10.5. The molecule has 3 aromatic rings. The molecule has 2 aromatic carbocycles. The lowest BCUT2D eigenvalue weighted by atomic mass is 10.2. The van der Waals surface area contributed by atoms with E-state index in [1.165, 1.54) is 0 Å². The minimum absolute atomic E-state index is 0. The average Bonchev–Trinajstić information content (AvgIpc) is 2.47. The first-order valence-corrected chi connectivity index (χ1v) is 5.85. The smallest absolute Gasteiger partial charge is 0.230 e. The Kier molecular flexibility index (Phi) is 3.97. The summed E-state index contributed by atoms with van der Waals surface area (Å²) in [5.74, 6) is 0.708. The van der Waals surface area contributed by atoms with Crippen LogP contribution in [0, 0.1) is 0 Å². The van der Waals surface area contributed by atoms with Crippen molar-refractivity contribution < 1.29 is 0 Å². The van der Waals surface area contributed by atoms with Gasteiger partial charge in [-0.2, -0.15) is 0 Å². The molecule has 0 saturated heterocycles. The van der Waals surface area contributed by atoms with E-state index >= 15 is 0 Å². The molecule has 3 rings (SSSR count). The Morgan fingerprint density at radius 2 is 1.58 bits per heavy atom. The van der Waals surface area contributed by atoms with Crippen LogP contribution in [0.25, 0.3) is 10.9 Å². The summed E-state index contributed by atoms with van der Waals surface area (Å²) in [6, 6.07) is 18.1. The quantitative estimate of drug-likeness (QED) is 0.709. The lowest BCUT2D eigenvalue weighted by molar-refractivity contribution is 1.07. The maximum Gasteiger partial charge on any atom is 0.230 e. The second-order valence-electron chi connectivity index (χ2n) is 4.12. The molecule has 4 heteroatoms. The van der Waals surface area contributed by atoms with Crippen molar-refractivity contribution in [3.05, 3.63) is 60.8 Å². The predicted octanol–water partition coefficient (Wildman–Crippen LogP) is 3.82. The van der Waals surface area contributed by atoms with Gasteiger partial charge >= 0.3 is 0 Å². The van der Waals surface area contributed by atoms with E-state index in [1.807, 2.05) is 72.7 Å². The van der Waals surface area contributed by atoms with E-state index in [1.54, 1.807) is 0 Å². The molecule has 0 atom stereocenters. The van der Waals surface area contributed by atoms with E-state index < -0.39 is 0 Å². The van der Waals surface area contributed by atoms with Crippen LogP contribution in [-0.4, -0.2) is 17.0 Å². The van der Waals surface area contributed by atoms with Crippen LogP contribution in [0.2, 0.25) is 0 Å². The number of fused-ring (bicyclic) bond motifs is 1. The number of rotatable bonds is 2. The van der Waals surface area contributed by atoms with Gasteiger partial charge in [0.15, 0.2) is 0 Å². The van der Waals surface area contributed by atoms with Gasteiger partial charge in [0.1, 0.15) is 0 Å². The van der Waals surface area contributed by atoms with Crippen LogP contribution in [-0.2, 0) is 0 Å². The molecule has 96 valence electrons. The fraction of sp³-hybridized carbons (Fsp3) is 0.0667. The van der Waals surface area contributed by atoms with Gasteiger partial charge in [0.05, 0.1) is 5.52 Å². The molecule has 1 aromatic heterocycles. The zero-order valence-corrected chi connectivity index (χ0v) is 11.3. The standard InChI is InChI=1S/C15H13N3.ClH/c1-18(13-8-3-2-4-9-13)15-16-11-12-7-5-6-10-14(12)17-15;/h2-11H,1H3;1H. The Morgan fingerprint density at radius 3 is 2.37 bits per heavy atom. The topological polar surface area (TPSA) is 29.0 Å². The van der Waals surface area contributed by atoms with Crippen molar-refractivity contribution in [1.82, 2.24) is 9.97 Å². The summed E-state index contributed by atoms with van der Waals surface area (Å²) in [4.78, 5) is 10.9. The number of benzene rings is 2. The highest BCUT2D eigenvalue weighted by atomic mass is 35.5. The van der Waals surface area contributed by atoms with Crippen molar-refractivity contribution in [3.8, 4) is 0 Å². The average molecular weight is 272 g/mol. The number of hydrogen-bond acceptors (Lipinski definition) is 3. The lowest BCUT2D eigenvalue weighted by Crippen LogP contribution is -2.12. The van der Waals surface area contributed by atoms with Crippen LogP contribution >= 0.6 is 12.4 Å². The van der Waals surface area contributed by atoms with E-state index in [0.29, 0.717) is 5.95 Å². The van der Waals surface area contributed by atoms with Crippen LogP contribution in [0.15, 0.2) is 60.8 Å². The molecule has 0 amide bonds. The first kappa shape index (κ1) is 13.3. The summed E-state index contributed by atoms with van der Waals surface area (Å²) >= 11 is 0. The van der Waals surface area contributed by atoms with Gasteiger partial charge in [0, 0.05) is 24.3 Å². The third-order valence-corrected chi connectivity index (χ3v) is 2.92. The Hall–Kier alpha value is -2.13. The molecule has 1 heterocycles. The number of nitrogens with zero attached hydrogens (tertiary/aromatic N) is 3. The fourth-order valence-electron chi connectivity index (χ4n) is 1.89. The van der Waals surface area contributed by atoms with Crippen LogP contribution < -0.4 is 4.90 Å². The van der Waals surface area contributed by atoms with Gasteiger partial charge < -0.3 is 4.90 Å². The zero-order chi connectivity index (χ0) is 12.4. The highest BCUT2D eigenvalue weighted by molar-refractivity contribution is 5.85. The van der Waals surface area contributed by atoms with Crippen molar-refractivity contribution in [2.24, 2.45) is 0 Å². The molecule has 0 aliphatic heterocycles. The van der Waals surface area contributed by atoms with Crippen LogP contribution in [0.5, 0.6) is 0 Å². The van der Waals surface area contributed by atoms with E-state index in [2.05, 4.69) is 9.97 Å². The van der Waals surface area contributed by atoms with E-state index in [0.717, 1.165) is 16.6 Å². The maximum atomic E-state index is 4.57. The predicted molar refractivity (Wildman–Crippen MR) is 81.3 cm³/mol. The first-order valence-electron chi connectivity index (χ1n) is 5.85. The third kappa shape index (κ3) is 2.66. The van der Waals surface area contributed by atoms with Crippen LogP contribution in [0.4, 0.5) is 11.6 Å². The summed E-state index contributed by atoms with van der Waals surface area (Å²) in [5.41, 5.74) is 2.04. The molecule has 0 bridgehead atoms. The molecule has 0 aliphatic rings. The SMILES string of the molecule is CN(c1ccccc1)c1ncc2ccccc2n1.Cl. The Morgan fingerprint density at radius 1 is 0.895 bits per heavy atom. The third-order valence-electron chi connectivity index (χ3n) is 2.92. The van der Waals surface area contributed by atoms with E-state index in [9.17, 15) is 0 Å². The molecule has 0 fully saturated rings. The normalized spacial score (nSPS) is 9.95. The summed E-state index contributed by atoms with van der Waals surface area (Å²) in [5, 5.41) is 1.06. The number of para-hydroxylation sites is 2. The Bertz CT molecular complexity index is 670. The van der Waals surface area contributed by atoms with Gasteiger partial charge in [-0.1, -0.05) is 36.4 Å². The van der Waals surface area contributed by atoms with Gasteiger partial charge in [0.25, 0.3) is 0 Å². The number of hydrogen-bond donors (Lipinski definition) is 0. The summed E-state index contributed by atoms with van der Waals surface area (Å²) in [6.07, 6.45) is 1.86. The van der Waals surface area contributed by atoms with Gasteiger partial charge in [-0.15, -0.1) is 12.4 Å². The van der Waals surface area contributed by atoms with Crippen LogP contribution in [0.1, 0.15) is 0 Å². The second kappa shape index (κ2) is 5.67. The molecule has 0 aliphatic carbocycles. The van der Waals surface area contributed by atoms with Crippen molar-refractivity contribution in [3.63, 3.8) is 0 Å². The van der Waals surface area contributed by atoms with Gasteiger partial charge in [-0.05, 0) is 18.2 Å². The van der Waals surface area contributed by atoms with Crippen molar-refractivity contribution in [1.29, 1.82) is 0 Å². The molecule has 0 spiro atoms. The molecule has 3 nitrogen and oxygen atoms in total. The van der Waals surface area contributed by atoms with Gasteiger partial charge in [0.2, 0.25) is 5.95 Å². The molecule has 0 saturated carbocycles. The first-order chi connectivity index (χ1) is 8.84. The van der Waals surface area contributed by atoms with Gasteiger partial charge in [-0.25, -0.2) is 9.97 Å². The highest BCUT2D eigenvalue weighted by Gasteiger charge is 2.06. The summed E-state index contributed by atoms with van der Waals surface area (Å²) in [6.45, 7) is 0. The molecule has 19 heavy (non-hydrogen) atoms. The van der Waals surface area contributed by atoms with Gasteiger partial charge in [-0.3, -0.25) is 0 Å². The monoisotopic (exact) mass is 271 g/mol. The van der Waals surface area contributed by atoms with Crippen molar-refractivity contribution in [2.75, 3.05) is 11.9 Å². The molecule has 0 radical (unpaired) electrons. The minimum Gasteiger partial charge on any atom is -0.314 e. The number of anilines is 2. The summed E-state index contributed by atoms with van der Waals surface area (Å²) in [7, 11) is 1.97. The van der Waals surface area contributed by atoms with Crippen molar-refractivity contribution in [2.45, 2.75) is 0 Å². The molecule has 0 unspecified atom stereocenters. The number of halogens is 1. The maximum absolute atomic E-state index is 4.57. The minimum atomic E-state index is 0. The lowest BCUT2D eigenvalue weighted by Gasteiger charge is -2.17. The van der Waals surface area contributed by atoms with Crippen LogP contribution in [0.3, 0.4) is 0 Å². The van der Waals surface area contributed by atoms with E-state index in [4.69, 9.17) is 0 Å². The highest BCUT2D eigenvalue weighted by Crippen LogP contribution is 2.21. The molecule has 0 N–H and O–H groups in total. The summed E-state index contributed by atoms with van der Waals surface area (Å²) < 4.78 is 0. The fourth-order valence-corrected chi connectivity index (χ4v) is 1.89. The largest absolute Gasteiger partial charge is 0.314 e.